The molecule has 0 aromatic heterocycles. The van der Waals surface area contributed by atoms with Gasteiger partial charge in [-0.3, -0.25) is 9.59 Å². The predicted octanol–water partition coefficient (Wildman–Crippen LogP) is 3.13. The van der Waals surface area contributed by atoms with Gasteiger partial charge in [-0.05, 0) is 38.5 Å². The van der Waals surface area contributed by atoms with Gasteiger partial charge in [-0.25, -0.2) is 0 Å². The molecule has 0 spiro atoms. The van der Waals surface area contributed by atoms with E-state index in [1.165, 1.54) is 0 Å². The summed E-state index contributed by atoms with van der Waals surface area (Å²) in [6, 6.07) is 0. The van der Waals surface area contributed by atoms with Crippen molar-refractivity contribution in [1.29, 1.82) is 0 Å². The average Bonchev–Trinajstić information content (AvgIpc) is 2.40. The summed E-state index contributed by atoms with van der Waals surface area (Å²) in [5.74, 6) is 0.289. The number of ketones is 1. The van der Waals surface area contributed by atoms with E-state index in [2.05, 4.69) is 13.8 Å². The SMILES string of the molecule is CCOC(=O)C1(CCOCCC(C)C)CCCCC1=O. The Morgan fingerprint density at radius 2 is 2.05 bits per heavy atom. The maximum absolute atomic E-state index is 12.2. The van der Waals surface area contributed by atoms with Crippen LogP contribution in [0, 0.1) is 11.3 Å². The van der Waals surface area contributed by atoms with Crippen LogP contribution in [0.15, 0.2) is 0 Å². The Labute approximate surface area is 122 Å². The van der Waals surface area contributed by atoms with Gasteiger partial charge >= 0.3 is 5.97 Å². The number of carbonyl (C=O) groups is 2. The summed E-state index contributed by atoms with van der Waals surface area (Å²) in [7, 11) is 0. The Morgan fingerprint density at radius 1 is 1.30 bits per heavy atom. The van der Waals surface area contributed by atoms with Crippen molar-refractivity contribution in [2.45, 2.75) is 59.3 Å². The largest absolute Gasteiger partial charge is 0.465 e. The molecule has 0 heterocycles. The summed E-state index contributed by atoms with van der Waals surface area (Å²) in [6.07, 6.45) is 4.36. The van der Waals surface area contributed by atoms with Gasteiger partial charge in [0, 0.05) is 19.6 Å². The van der Waals surface area contributed by atoms with Gasteiger partial charge in [0.2, 0.25) is 0 Å². The number of ether oxygens (including phenoxy) is 2. The van der Waals surface area contributed by atoms with Gasteiger partial charge in [0.15, 0.2) is 0 Å². The Bertz CT molecular complexity index is 324. The number of hydrogen-bond donors (Lipinski definition) is 0. The lowest BCUT2D eigenvalue weighted by Crippen LogP contribution is -2.43. The monoisotopic (exact) mass is 284 g/mol. The molecule has 20 heavy (non-hydrogen) atoms. The van der Waals surface area contributed by atoms with Crippen LogP contribution in [-0.2, 0) is 19.1 Å². The number of esters is 1. The average molecular weight is 284 g/mol. The first-order valence-corrected chi connectivity index (χ1v) is 7.81. The lowest BCUT2D eigenvalue weighted by atomic mass is 9.71. The second-order valence-corrected chi connectivity index (χ2v) is 5.98. The standard InChI is InChI=1S/C16H28O4/c1-4-20-15(18)16(9-6-5-7-14(16)17)10-12-19-11-8-13(2)3/h13H,4-12H2,1-3H3. The lowest BCUT2D eigenvalue weighted by molar-refractivity contribution is -0.163. The number of rotatable bonds is 8. The van der Waals surface area contributed by atoms with E-state index in [0.717, 1.165) is 19.3 Å². The number of carbonyl (C=O) groups excluding carboxylic acids is 2. The van der Waals surface area contributed by atoms with Crippen molar-refractivity contribution >= 4 is 11.8 Å². The molecule has 116 valence electrons. The van der Waals surface area contributed by atoms with Crippen molar-refractivity contribution in [1.82, 2.24) is 0 Å². The van der Waals surface area contributed by atoms with Gasteiger partial charge in [0.05, 0.1) is 6.61 Å². The highest BCUT2D eigenvalue weighted by molar-refractivity contribution is 6.04. The third-order valence-electron chi connectivity index (χ3n) is 3.97. The molecule has 1 rings (SSSR count). The van der Waals surface area contributed by atoms with Crippen molar-refractivity contribution < 1.29 is 19.1 Å². The zero-order valence-electron chi connectivity index (χ0n) is 13.1. The van der Waals surface area contributed by atoms with E-state index in [1.807, 2.05) is 0 Å². The first-order valence-electron chi connectivity index (χ1n) is 7.81. The molecule has 4 nitrogen and oxygen atoms in total. The first kappa shape index (κ1) is 17.2. The highest BCUT2D eigenvalue weighted by Gasteiger charge is 2.47. The van der Waals surface area contributed by atoms with Gasteiger partial charge < -0.3 is 9.47 Å². The molecular formula is C16H28O4. The summed E-state index contributed by atoms with van der Waals surface area (Å²) in [6.45, 7) is 7.53. The van der Waals surface area contributed by atoms with Crippen LogP contribution in [0.4, 0.5) is 0 Å². The molecule has 0 bridgehead atoms. The number of hydrogen-bond acceptors (Lipinski definition) is 4. The van der Waals surface area contributed by atoms with Crippen LogP contribution >= 0.6 is 0 Å². The Hall–Kier alpha value is -0.900. The molecule has 1 fully saturated rings. The minimum atomic E-state index is -0.938. The van der Waals surface area contributed by atoms with Gasteiger partial charge in [-0.2, -0.15) is 0 Å². The second-order valence-electron chi connectivity index (χ2n) is 5.98. The molecule has 0 aromatic carbocycles. The highest BCUT2D eigenvalue weighted by Crippen LogP contribution is 2.37. The fourth-order valence-corrected chi connectivity index (χ4v) is 2.61. The predicted molar refractivity (Wildman–Crippen MR) is 77.4 cm³/mol. The normalized spacial score (nSPS) is 23.1. The molecule has 1 atom stereocenters. The molecular weight excluding hydrogens is 256 g/mol. The summed E-state index contributed by atoms with van der Waals surface area (Å²) < 4.78 is 10.7. The Morgan fingerprint density at radius 3 is 2.65 bits per heavy atom. The van der Waals surface area contributed by atoms with E-state index >= 15 is 0 Å². The van der Waals surface area contributed by atoms with E-state index in [0.29, 0.717) is 45.0 Å². The third-order valence-corrected chi connectivity index (χ3v) is 3.97. The van der Waals surface area contributed by atoms with E-state index < -0.39 is 5.41 Å². The van der Waals surface area contributed by atoms with Crippen LogP contribution in [0.25, 0.3) is 0 Å². The molecule has 0 N–H and O–H groups in total. The van der Waals surface area contributed by atoms with Crippen molar-refractivity contribution in [2.75, 3.05) is 19.8 Å². The minimum Gasteiger partial charge on any atom is -0.465 e. The summed E-state index contributed by atoms with van der Waals surface area (Å²) in [5, 5.41) is 0. The molecule has 1 saturated carbocycles. The zero-order valence-corrected chi connectivity index (χ0v) is 13.1. The van der Waals surface area contributed by atoms with E-state index in [4.69, 9.17) is 9.47 Å². The molecule has 1 unspecified atom stereocenters. The van der Waals surface area contributed by atoms with E-state index in [1.54, 1.807) is 6.92 Å². The molecule has 4 heteroatoms. The minimum absolute atomic E-state index is 0.0367. The molecule has 0 amide bonds. The molecule has 0 saturated heterocycles. The molecule has 1 aliphatic rings. The van der Waals surface area contributed by atoms with Gasteiger partial charge in [0.1, 0.15) is 11.2 Å². The van der Waals surface area contributed by atoms with Crippen LogP contribution < -0.4 is 0 Å². The maximum Gasteiger partial charge on any atom is 0.319 e. The fourth-order valence-electron chi connectivity index (χ4n) is 2.61. The van der Waals surface area contributed by atoms with Crippen molar-refractivity contribution in [3.05, 3.63) is 0 Å². The molecule has 0 radical (unpaired) electrons. The maximum atomic E-state index is 12.2. The third kappa shape index (κ3) is 4.58. The van der Waals surface area contributed by atoms with Crippen LogP contribution in [-0.4, -0.2) is 31.6 Å². The smallest absolute Gasteiger partial charge is 0.319 e. The summed E-state index contributed by atoms with van der Waals surface area (Å²) in [4.78, 5) is 24.5. The van der Waals surface area contributed by atoms with Crippen LogP contribution in [0.5, 0.6) is 0 Å². The van der Waals surface area contributed by atoms with Crippen LogP contribution in [0.2, 0.25) is 0 Å². The van der Waals surface area contributed by atoms with Crippen molar-refractivity contribution in [3.63, 3.8) is 0 Å². The second kappa shape index (κ2) is 8.40. The summed E-state index contributed by atoms with van der Waals surface area (Å²) in [5.41, 5.74) is -0.938. The number of Topliss-reactive ketones (excluding diaryl/α,β-unsaturated/α-hetero) is 1. The Kier molecular flexibility index (Phi) is 7.20. The highest BCUT2D eigenvalue weighted by atomic mass is 16.5. The topological polar surface area (TPSA) is 52.6 Å². The fraction of sp³-hybridized carbons (Fsp3) is 0.875. The zero-order chi connectivity index (χ0) is 15.0. The first-order chi connectivity index (χ1) is 9.53. The van der Waals surface area contributed by atoms with Gasteiger partial charge in [-0.15, -0.1) is 0 Å². The molecule has 0 aliphatic heterocycles. The van der Waals surface area contributed by atoms with Gasteiger partial charge in [-0.1, -0.05) is 20.3 Å². The lowest BCUT2D eigenvalue weighted by Gasteiger charge is -2.33. The molecule has 0 aromatic rings. The Balaban J connectivity index is 2.55. The summed E-state index contributed by atoms with van der Waals surface area (Å²) >= 11 is 0. The van der Waals surface area contributed by atoms with E-state index in [9.17, 15) is 9.59 Å². The van der Waals surface area contributed by atoms with Crippen LogP contribution in [0.3, 0.4) is 0 Å². The quantitative estimate of drug-likeness (QED) is 0.390. The van der Waals surface area contributed by atoms with Crippen molar-refractivity contribution in [2.24, 2.45) is 11.3 Å². The van der Waals surface area contributed by atoms with E-state index in [-0.39, 0.29) is 11.8 Å². The van der Waals surface area contributed by atoms with Crippen LogP contribution in [0.1, 0.15) is 59.3 Å². The molecule has 1 aliphatic carbocycles. The van der Waals surface area contributed by atoms with Gasteiger partial charge in [0.25, 0.3) is 0 Å². The van der Waals surface area contributed by atoms with Crippen molar-refractivity contribution in [3.8, 4) is 0 Å².